The van der Waals surface area contributed by atoms with Crippen molar-refractivity contribution >= 4 is 12.0 Å². The lowest BCUT2D eigenvalue weighted by Crippen LogP contribution is -2.46. The average molecular weight is 280 g/mol. The fourth-order valence-corrected chi connectivity index (χ4v) is 2.26. The molecule has 7 heteroatoms. The van der Waals surface area contributed by atoms with Crippen molar-refractivity contribution in [3.63, 3.8) is 0 Å². The monoisotopic (exact) mass is 280 g/mol. The Morgan fingerprint density at radius 1 is 1.45 bits per heavy atom. The molecule has 0 unspecified atom stereocenters. The molecule has 110 valence electrons. The van der Waals surface area contributed by atoms with Gasteiger partial charge in [0.1, 0.15) is 5.69 Å². The number of ether oxygens (including phenoxy) is 1. The van der Waals surface area contributed by atoms with Crippen molar-refractivity contribution in [1.82, 2.24) is 19.8 Å². The minimum absolute atomic E-state index is 0.0862. The highest BCUT2D eigenvalue weighted by molar-refractivity contribution is 5.92. The van der Waals surface area contributed by atoms with Crippen molar-refractivity contribution in [3.05, 3.63) is 18.2 Å². The van der Waals surface area contributed by atoms with Crippen molar-refractivity contribution in [2.75, 3.05) is 19.7 Å². The smallest absolute Gasteiger partial charge is 0.409 e. The molecule has 2 heterocycles. The Bertz CT molecular complexity index is 478. The Balaban J connectivity index is 1.81. The van der Waals surface area contributed by atoms with Gasteiger partial charge in [-0.3, -0.25) is 4.79 Å². The van der Waals surface area contributed by atoms with E-state index in [0.717, 1.165) is 12.8 Å². The number of hydrogen-bond donors (Lipinski definition) is 1. The number of imidazole rings is 1. The normalized spacial score (nSPS) is 16.0. The van der Waals surface area contributed by atoms with Gasteiger partial charge >= 0.3 is 6.09 Å². The molecule has 1 aromatic rings. The minimum atomic E-state index is -0.274. The zero-order valence-electron chi connectivity index (χ0n) is 11.8. The van der Waals surface area contributed by atoms with Crippen LogP contribution in [0.4, 0.5) is 4.79 Å². The molecular formula is C13H20N4O3. The summed E-state index contributed by atoms with van der Waals surface area (Å²) in [5.74, 6) is -0.125. The first-order valence-corrected chi connectivity index (χ1v) is 6.80. The molecule has 2 rings (SSSR count). The van der Waals surface area contributed by atoms with Gasteiger partial charge in [0, 0.05) is 26.2 Å². The Morgan fingerprint density at radius 2 is 2.15 bits per heavy atom. The lowest BCUT2D eigenvalue weighted by molar-refractivity contribution is 0.0854. The lowest BCUT2D eigenvalue weighted by atomic mass is 10.1. The van der Waals surface area contributed by atoms with Gasteiger partial charge in [-0.2, -0.15) is 0 Å². The van der Waals surface area contributed by atoms with E-state index in [1.807, 2.05) is 0 Å². The maximum absolute atomic E-state index is 12.0. The SMILES string of the molecule is CCOC(=O)N1CCC(NC(=O)c2cncn2C)CC1. The first kappa shape index (κ1) is 14.4. The number of nitrogens with zero attached hydrogens (tertiary/aromatic N) is 3. The third-order valence-electron chi connectivity index (χ3n) is 3.41. The Kier molecular flexibility index (Phi) is 4.60. The van der Waals surface area contributed by atoms with Gasteiger partial charge in [-0.25, -0.2) is 9.78 Å². The fourth-order valence-electron chi connectivity index (χ4n) is 2.26. The van der Waals surface area contributed by atoms with Crippen molar-refractivity contribution in [2.24, 2.45) is 7.05 Å². The molecule has 1 saturated heterocycles. The summed E-state index contributed by atoms with van der Waals surface area (Å²) >= 11 is 0. The molecule has 2 amide bonds. The van der Waals surface area contributed by atoms with Gasteiger partial charge in [-0.1, -0.05) is 0 Å². The van der Waals surface area contributed by atoms with Crippen LogP contribution in [0.1, 0.15) is 30.3 Å². The molecule has 0 aliphatic carbocycles. The molecule has 0 bridgehead atoms. The summed E-state index contributed by atoms with van der Waals surface area (Å²) < 4.78 is 6.64. The van der Waals surface area contributed by atoms with E-state index in [4.69, 9.17) is 4.74 Å². The molecule has 0 spiro atoms. The molecule has 1 aliphatic heterocycles. The molecule has 7 nitrogen and oxygen atoms in total. The summed E-state index contributed by atoms with van der Waals surface area (Å²) in [5, 5.41) is 2.98. The number of piperidine rings is 1. The van der Waals surface area contributed by atoms with Gasteiger partial charge in [-0.15, -0.1) is 0 Å². The van der Waals surface area contributed by atoms with Crippen molar-refractivity contribution in [1.29, 1.82) is 0 Å². The summed E-state index contributed by atoms with van der Waals surface area (Å²) in [6, 6.07) is 0.0862. The van der Waals surface area contributed by atoms with E-state index in [1.54, 1.807) is 36.0 Å². The van der Waals surface area contributed by atoms with Gasteiger partial charge < -0.3 is 19.5 Å². The number of carbonyl (C=O) groups excluding carboxylic acids is 2. The minimum Gasteiger partial charge on any atom is -0.450 e. The topological polar surface area (TPSA) is 76.5 Å². The number of nitrogens with one attached hydrogen (secondary N) is 1. The quantitative estimate of drug-likeness (QED) is 0.887. The first-order valence-electron chi connectivity index (χ1n) is 6.80. The molecule has 20 heavy (non-hydrogen) atoms. The number of carbonyl (C=O) groups is 2. The van der Waals surface area contributed by atoms with Crippen LogP contribution in [0.25, 0.3) is 0 Å². The standard InChI is InChI=1S/C13H20N4O3/c1-3-20-13(19)17-6-4-10(5-7-17)15-12(18)11-8-14-9-16(11)2/h8-10H,3-7H2,1-2H3,(H,15,18). The summed E-state index contributed by atoms with van der Waals surface area (Å²) in [5.41, 5.74) is 0.540. The second-order valence-electron chi connectivity index (χ2n) is 4.82. The maximum atomic E-state index is 12.0. The zero-order chi connectivity index (χ0) is 14.5. The van der Waals surface area contributed by atoms with Crippen LogP contribution < -0.4 is 5.32 Å². The van der Waals surface area contributed by atoms with Gasteiger partial charge in [0.25, 0.3) is 5.91 Å². The lowest BCUT2D eigenvalue weighted by Gasteiger charge is -2.31. The second-order valence-corrected chi connectivity index (χ2v) is 4.82. The third-order valence-corrected chi connectivity index (χ3v) is 3.41. The maximum Gasteiger partial charge on any atom is 0.409 e. The van der Waals surface area contributed by atoms with Crippen LogP contribution in [-0.4, -0.2) is 52.2 Å². The number of hydrogen-bond acceptors (Lipinski definition) is 4. The Morgan fingerprint density at radius 3 is 2.70 bits per heavy atom. The third kappa shape index (κ3) is 3.28. The number of aryl methyl sites for hydroxylation is 1. The van der Waals surface area contributed by atoms with Crippen LogP contribution in [-0.2, 0) is 11.8 Å². The predicted molar refractivity (Wildman–Crippen MR) is 72.3 cm³/mol. The van der Waals surface area contributed by atoms with Crippen LogP contribution in [0.15, 0.2) is 12.5 Å². The van der Waals surface area contributed by atoms with E-state index < -0.39 is 0 Å². The van der Waals surface area contributed by atoms with E-state index in [1.165, 1.54) is 0 Å². The van der Waals surface area contributed by atoms with Gasteiger partial charge in [0.15, 0.2) is 0 Å². The van der Waals surface area contributed by atoms with E-state index in [0.29, 0.717) is 25.4 Å². The molecule has 0 atom stereocenters. The van der Waals surface area contributed by atoms with Crippen LogP contribution in [0.3, 0.4) is 0 Å². The summed E-state index contributed by atoms with van der Waals surface area (Å²) in [7, 11) is 1.78. The zero-order valence-corrected chi connectivity index (χ0v) is 11.8. The first-order chi connectivity index (χ1) is 9.61. The highest BCUT2D eigenvalue weighted by Crippen LogP contribution is 2.12. The van der Waals surface area contributed by atoms with Crippen molar-refractivity contribution in [2.45, 2.75) is 25.8 Å². The molecule has 0 aromatic carbocycles. The summed E-state index contributed by atoms with van der Waals surface area (Å²) in [6.07, 6.45) is 4.34. The summed E-state index contributed by atoms with van der Waals surface area (Å²) in [6.45, 7) is 3.39. The van der Waals surface area contributed by atoms with Gasteiger partial charge in [-0.05, 0) is 19.8 Å². The highest BCUT2D eigenvalue weighted by atomic mass is 16.6. The molecular weight excluding hydrogens is 260 g/mol. The molecule has 1 aromatic heterocycles. The molecule has 0 saturated carbocycles. The Hall–Kier alpha value is -2.05. The average Bonchev–Trinajstić information content (AvgIpc) is 2.86. The Labute approximate surface area is 117 Å². The predicted octanol–water partition coefficient (Wildman–Crippen LogP) is 0.771. The largest absolute Gasteiger partial charge is 0.450 e. The molecule has 0 radical (unpaired) electrons. The van der Waals surface area contributed by atoms with Crippen LogP contribution in [0, 0.1) is 0 Å². The number of aromatic nitrogens is 2. The van der Waals surface area contributed by atoms with Gasteiger partial charge in [0.2, 0.25) is 0 Å². The van der Waals surface area contributed by atoms with Crippen molar-refractivity contribution in [3.8, 4) is 0 Å². The van der Waals surface area contributed by atoms with Crippen LogP contribution in [0.2, 0.25) is 0 Å². The van der Waals surface area contributed by atoms with Crippen LogP contribution >= 0.6 is 0 Å². The van der Waals surface area contributed by atoms with Crippen LogP contribution in [0.5, 0.6) is 0 Å². The van der Waals surface area contributed by atoms with Gasteiger partial charge in [0.05, 0.1) is 19.1 Å². The number of amides is 2. The van der Waals surface area contributed by atoms with E-state index in [-0.39, 0.29) is 18.0 Å². The number of rotatable bonds is 3. The molecule has 1 aliphatic rings. The van der Waals surface area contributed by atoms with Crippen molar-refractivity contribution < 1.29 is 14.3 Å². The van der Waals surface area contributed by atoms with E-state index in [9.17, 15) is 9.59 Å². The fraction of sp³-hybridized carbons (Fsp3) is 0.615. The highest BCUT2D eigenvalue weighted by Gasteiger charge is 2.25. The molecule has 1 fully saturated rings. The molecule has 1 N–H and O–H groups in total. The summed E-state index contributed by atoms with van der Waals surface area (Å²) in [4.78, 5) is 29.2. The second kappa shape index (κ2) is 6.40. The number of likely N-dealkylation sites (tertiary alicyclic amines) is 1. The van der Waals surface area contributed by atoms with E-state index >= 15 is 0 Å². The van der Waals surface area contributed by atoms with E-state index in [2.05, 4.69) is 10.3 Å².